The van der Waals surface area contributed by atoms with E-state index in [4.69, 9.17) is 10.5 Å². The fraction of sp³-hybridized carbons (Fsp3) is 0.333. The van der Waals surface area contributed by atoms with E-state index in [1.807, 2.05) is 32.0 Å². The average Bonchev–Trinajstić information content (AvgIpc) is 2.87. The number of H-pyrrole nitrogens is 1. The van der Waals surface area contributed by atoms with Crippen LogP contribution in [0.1, 0.15) is 35.9 Å². The summed E-state index contributed by atoms with van der Waals surface area (Å²) < 4.78 is 5.17. The Labute approximate surface area is 123 Å². The number of amides is 1. The van der Waals surface area contributed by atoms with E-state index in [0.717, 1.165) is 5.69 Å². The lowest BCUT2D eigenvalue weighted by atomic mass is 10.1. The van der Waals surface area contributed by atoms with E-state index < -0.39 is 0 Å². The maximum Gasteiger partial charge on any atom is 0.280 e. The van der Waals surface area contributed by atoms with Crippen LogP contribution in [0.2, 0.25) is 0 Å². The summed E-state index contributed by atoms with van der Waals surface area (Å²) >= 11 is 0. The quantitative estimate of drug-likeness (QED) is 0.904. The number of benzene rings is 1. The Bertz CT molecular complexity index is 649. The van der Waals surface area contributed by atoms with Crippen LogP contribution in [-0.2, 0) is 0 Å². The number of carbonyl (C=O) groups excluding carboxylic acids is 1. The van der Waals surface area contributed by atoms with Gasteiger partial charge in [-0.1, -0.05) is 19.9 Å². The van der Waals surface area contributed by atoms with Gasteiger partial charge in [-0.05, 0) is 18.1 Å². The molecule has 2 rings (SSSR count). The first-order chi connectivity index (χ1) is 9.95. The molecule has 112 valence electrons. The first-order valence-corrected chi connectivity index (χ1v) is 6.71. The third-order valence-corrected chi connectivity index (χ3v) is 3.36. The Hall–Kier alpha value is -2.50. The lowest BCUT2D eigenvalue weighted by Crippen LogP contribution is -2.27. The molecule has 0 atom stereocenters. The highest BCUT2D eigenvalue weighted by molar-refractivity contribution is 6.07. The van der Waals surface area contributed by atoms with Gasteiger partial charge >= 0.3 is 0 Å². The highest BCUT2D eigenvalue weighted by Gasteiger charge is 2.22. The highest BCUT2D eigenvalue weighted by atomic mass is 16.5. The molecular weight excluding hydrogens is 268 g/mol. The predicted octanol–water partition coefficient (Wildman–Crippen LogP) is 2.40. The monoisotopic (exact) mass is 288 g/mol. The van der Waals surface area contributed by atoms with Crippen molar-refractivity contribution in [2.75, 3.05) is 24.8 Å². The van der Waals surface area contributed by atoms with Gasteiger partial charge in [-0.3, -0.25) is 9.89 Å². The van der Waals surface area contributed by atoms with E-state index >= 15 is 0 Å². The second kappa shape index (κ2) is 5.87. The van der Waals surface area contributed by atoms with Gasteiger partial charge in [-0.15, -0.1) is 0 Å². The summed E-state index contributed by atoms with van der Waals surface area (Å²) in [6, 6.07) is 7.25. The van der Waals surface area contributed by atoms with Crippen molar-refractivity contribution in [2.24, 2.45) is 0 Å². The number of hydrogen-bond donors (Lipinski definition) is 2. The molecule has 1 aromatic heterocycles. The van der Waals surface area contributed by atoms with Gasteiger partial charge in [0.25, 0.3) is 5.91 Å². The number of nitrogen functional groups attached to an aromatic ring is 1. The van der Waals surface area contributed by atoms with Crippen LogP contribution in [0, 0.1) is 0 Å². The van der Waals surface area contributed by atoms with E-state index in [1.165, 1.54) is 4.90 Å². The van der Waals surface area contributed by atoms with Crippen LogP contribution in [0.15, 0.2) is 24.3 Å². The van der Waals surface area contributed by atoms with Crippen molar-refractivity contribution in [3.05, 3.63) is 35.7 Å². The molecule has 0 bridgehead atoms. The zero-order chi connectivity index (χ0) is 15.6. The molecule has 0 spiro atoms. The summed E-state index contributed by atoms with van der Waals surface area (Å²) in [6.45, 7) is 3.98. The minimum Gasteiger partial charge on any atom is -0.497 e. The standard InChI is InChI=1S/C15H20N4O2/c1-9(2)13-12(16)14(18-17-13)15(20)19(3)10-6-5-7-11(8-10)21-4/h5-9H,16H2,1-4H3,(H,17,18). The van der Waals surface area contributed by atoms with Gasteiger partial charge < -0.3 is 15.4 Å². The molecule has 0 saturated heterocycles. The molecule has 2 aromatic rings. The van der Waals surface area contributed by atoms with Gasteiger partial charge in [0.2, 0.25) is 0 Å². The average molecular weight is 288 g/mol. The largest absolute Gasteiger partial charge is 0.497 e. The second-order valence-corrected chi connectivity index (χ2v) is 5.12. The molecule has 1 heterocycles. The van der Waals surface area contributed by atoms with Crippen LogP contribution in [-0.4, -0.2) is 30.3 Å². The molecule has 6 nitrogen and oxygen atoms in total. The van der Waals surface area contributed by atoms with E-state index in [1.54, 1.807) is 20.2 Å². The van der Waals surface area contributed by atoms with Crippen molar-refractivity contribution in [3.8, 4) is 5.75 Å². The summed E-state index contributed by atoms with van der Waals surface area (Å²) in [7, 11) is 3.27. The number of nitrogens with two attached hydrogens (primary N) is 1. The van der Waals surface area contributed by atoms with Gasteiger partial charge in [0.1, 0.15) is 5.75 Å². The lowest BCUT2D eigenvalue weighted by molar-refractivity contribution is 0.0989. The predicted molar refractivity (Wildman–Crippen MR) is 82.8 cm³/mol. The highest BCUT2D eigenvalue weighted by Crippen LogP contribution is 2.25. The van der Waals surface area contributed by atoms with Crippen molar-refractivity contribution in [3.63, 3.8) is 0 Å². The third-order valence-electron chi connectivity index (χ3n) is 3.36. The number of anilines is 2. The summed E-state index contributed by atoms with van der Waals surface area (Å²) in [5, 5.41) is 6.89. The second-order valence-electron chi connectivity index (χ2n) is 5.12. The third kappa shape index (κ3) is 2.84. The van der Waals surface area contributed by atoms with Gasteiger partial charge in [-0.2, -0.15) is 5.10 Å². The number of aromatic amines is 1. The van der Waals surface area contributed by atoms with Crippen molar-refractivity contribution in [2.45, 2.75) is 19.8 Å². The maximum atomic E-state index is 12.5. The first-order valence-electron chi connectivity index (χ1n) is 6.71. The number of methoxy groups -OCH3 is 1. The van der Waals surface area contributed by atoms with Crippen LogP contribution >= 0.6 is 0 Å². The van der Waals surface area contributed by atoms with Crippen LogP contribution in [0.3, 0.4) is 0 Å². The van der Waals surface area contributed by atoms with Gasteiger partial charge in [0.05, 0.1) is 18.5 Å². The molecule has 1 amide bonds. The SMILES string of the molecule is COc1cccc(N(C)C(=O)c2n[nH]c(C(C)C)c2N)c1. The zero-order valence-electron chi connectivity index (χ0n) is 12.7. The van der Waals surface area contributed by atoms with Crippen molar-refractivity contribution in [1.29, 1.82) is 0 Å². The molecule has 0 fully saturated rings. The molecule has 3 N–H and O–H groups in total. The van der Waals surface area contributed by atoms with Crippen LogP contribution in [0.5, 0.6) is 5.75 Å². The van der Waals surface area contributed by atoms with Crippen molar-refractivity contribution < 1.29 is 9.53 Å². The number of hydrogen-bond acceptors (Lipinski definition) is 4. The lowest BCUT2D eigenvalue weighted by Gasteiger charge is -2.17. The summed E-state index contributed by atoms with van der Waals surface area (Å²) in [5.41, 5.74) is 8.15. The minimum absolute atomic E-state index is 0.182. The number of aromatic nitrogens is 2. The number of nitrogens with one attached hydrogen (secondary N) is 1. The molecule has 1 aromatic carbocycles. The van der Waals surface area contributed by atoms with Crippen LogP contribution < -0.4 is 15.4 Å². The topological polar surface area (TPSA) is 84.2 Å². The van der Waals surface area contributed by atoms with Gasteiger partial charge in [0, 0.05) is 18.8 Å². The zero-order valence-corrected chi connectivity index (χ0v) is 12.7. The summed E-state index contributed by atoms with van der Waals surface area (Å²) in [4.78, 5) is 14.0. The Morgan fingerprint density at radius 3 is 2.71 bits per heavy atom. The van der Waals surface area contributed by atoms with E-state index in [2.05, 4.69) is 10.2 Å². The Balaban J connectivity index is 2.30. The molecule has 21 heavy (non-hydrogen) atoms. The number of rotatable bonds is 4. The molecule has 0 aliphatic heterocycles. The summed E-state index contributed by atoms with van der Waals surface area (Å²) in [6.07, 6.45) is 0. The molecular formula is C15H20N4O2. The molecule has 0 radical (unpaired) electrons. The molecule has 0 saturated carbocycles. The molecule has 0 aliphatic carbocycles. The van der Waals surface area contributed by atoms with E-state index in [-0.39, 0.29) is 17.5 Å². The van der Waals surface area contributed by atoms with Crippen LogP contribution in [0.25, 0.3) is 0 Å². The minimum atomic E-state index is -0.260. The van der Waals surface area contributed by atoms with E-state index in [9.17, 15) is 4.79 Å². The maximum absolute atomic E-state index is 12.5. The molecule has 6 heteroatoms. The number of nitrogens with zero attached hydrogens (tertiary/aromatic N) is 2. The van der Waals surface area contributed by atoms with Gasteiger partial charge in [0.15, 0.2) is 5.69 Å². The summed E-state index contributed by atoms with van der Waals surface area (Å²) in [5.74, 6) is 0.607. The van der Waals surface area contributed by atoms with Crippen molar-refractivity contribution >= 4 is 17.3 Å². The smallest absolute Gasteiger partial charge is 0.280 e. The Morgan fingerprint density at radius 1 is 1.43 bits per heavy atom. The fourth-order valence-electron chi connectivity index (χ4n) is 2.06. The van der Waals surface area contributed by atoms with E-state index in [0.29, 0.717) is 17.1 Å². The van der Waals surface area contributed by atoms with Crippen molar-refractivity contribution in [1.82, 2.24) is 10.2 Å². The fourth-order valence-corrected chi connectivity index (χ4v) is 2.06. The molecule has 0 aliphatic rings. The molecule has 0 unspecified atom stereocenters. The normalized spacial score (nSPS) is 10.7. The Morgan fingerprint density at radius 2 is 2.14 bits per heavy atom. The van der Waals surface area contributed by atoms with Gasteiger partial charge in [-0.25, -0.2) is 0 Å². The first kappa shape index (κ1) is 14.9. The Kier molecular flexibility index (Phi) is 4.16. The number of carbonyl (C=O) groups is 1. The van der Waals surface area contributed by atoms with Crippen LogP contribution in [0.4, 0.5) is 11.4 Å². The number of ether oxygens (including phenoxy) is 1.